The summed E-state index contributed by atoms with van der Waals surface area (Å²) in [6.45, 7) is 8.22. The van der Waals surface area contributed by atoms with E-state index in [-0.39, 0.29) is 0 Å². The molecule has 1 aliphatic rings. The molecule has 0 N–H and O–H groups in total. The van der Waals surface area contributed by atoms with Crippen molar-refractivity contribution in [3.63, 3.8) is 0 Å². The molecule has 4 aromatic rings. The van der Waals surface area contributed by atoms with Crippen molar-refractivity contribution < 1.29 is 4.74 Å². The van der Waals surface area contributed by atoms with E-state index in [2.05, 4.69) is 55.8 Å². The maximum atomic E-state index is 6.18. The molecule has 1 fully saturated rings. The smallest absolute Gasteiger partial charge is 0.215 e. The van der Waals surface area contributed by atoms with E-state index in [1.807, 2.05) is 44.8 Å². The molecule has 196 valence electrons. The van der Waals surface area contributed by atoms with Crippen molar-refractivity contribution in [1.82, 2.24) is 29.9 Å². The van der Waals surface area contributed by atoms with Crippen LogP contribution in [0, 0.1) is 0 Å². The highest BCUT2D eigenvalue weighted by atomic mass is 32.1. The van der Waals surface area contributed by atoms with Gasteiger partial charge in [0.05, 0.1) is 34.8 Å². The zero-order valence-corrected chi connectivity index (χ0v) is 24.2. The molecule has 0 saturated heterocycles. The third-order valence-corrected chi connectivity index (χ3v) is 9.65. The lowest BCUT2D eigenvalue weighted by Crippen LogP contribution is -2.26. The zero-order chi connectivity index (χ0) is 26.0. The van der Waals surface area contributed by atoms with Crippen LogP contribution in [0.3, 0.4) is 0 Å². The first-order valence-corrected chi connectivity index (χ1v) is 17.5. The van der Waals surface area contributed by atoms with Crippen LogP contribution in [0.1, 0.15) is 36.6 Å². The number of aryl methyl sites for hydroxylation is 1. The van der Waals surface area contributed by atoms with Gasteiger partial charge in [0.15, 0.2) is 0 Å². The minimum atomic E-state index is -1.18. The Morgan fingerprint density at radius 2 is 1.89 bits per heavy atom. The Morgan fingerprint density at radius 1 is 1.08 bits per heavy atom. The van der Waals surface area contributed by atoms with Crippen LogP contribution in [0.5, 0.6) is 0 Å². The Bertz CT molecular complexity index is 1340. The maximum absolute atomic E-state index is 6.18. The minimum Gasteiger partial charge on any atom is -0.361 e. The Balaban J connectivity index is 1.43. The second-order valence-corrected chi connectivity index (χ2v) is 17.6. The van der Waals surface area contributed by atoms with E-state index < -0.39 is 8.07 Å². The second kappa shape index (κ2) is 10.8. The summed E-state index contributed by atoms with van der Waals surface area (Å²) >= 11 is 1.67. The van der Waals surface area contributed by atoms with Crippen LogP contribution in [-0.4, -0.2) is 58.4 Å². The lowest BCUT2D eigenvalue weighted by Gasteiger charge is -2.22. The fraction of sp³-hybridized carbons (Fsp3) is 0.500. The molecule has 0 atom stereocenters. The second-order valence-electron chi connectivity index (χ2n) is 11.0. The summed E-state index contributed by atoms with van der Waals surface area (Å²) in [5.74, 6) is 1.32. The lowest BCUT2D eigenvalue weighted by molar-refractivity contribution is 0.153. The van der Waals surface area contributed by atoms with E-state index in [4.69, 9.17) is 9.72 Å². The maximum Gasteiger partial charge on any atom is 0.215 e. The van der Waals surface area contributed by atoms with Gasteiger partial charge in [-0.05, 0) is 37.1 Å². The Morgan fingerprint density at radius 3 is 2.62 bits per heavy atom. The molecule has 0 radical (unpaired) electrons. The molecule has 5 rings (SSSR count). The molecular formula is C26H36N8OSSi. The third-order valence-electron chi connectivity index (χ3n) is 6.83. The predicted octanol–water partition coefficient (Wildman–Crippen LogP) is 6.09. The van der Waals surface area contributed by atoms with Gasteiger partial charge in [-0.3, -0.25) is 14.6 Å². The van der Waals surface area contributed by atoms with Crippen molar-refractivity contribution >= 4 is 52.8 Å². The molecule has 0 spiro atoms. The third kappa shape index (κ3) is 6.16. The van der Waals surface area contributed by atoms with Crippen LogP contribution in [0.25, 0.3) is 11.0 Å². The fourth-order valence-electron chi connectivity index (χ4n) is 4.48. The van der Waals surface area contributed by atoms with Gasteiger partial charge in [0.1, 0.15) is 17.6 Å². The highest BCUT2D eigenvalue weighted by Crippen LogP contribution is 2.38. The van der Waals surface area contributed by atoms with E-state index in [9.17, 15) is 0 Å². The Kier molecular flexibility index (Phi) is 7.54. The van der Waals surface area contributed by atoms with Gasteiger partial charge in [0.25, 0.3) is 0 Å². The average Bonchev–Trinajstić information content (AvgIpc) is 3.64. The highest BCUT2D eigenvalue weighted by Gasteiger charge is 2.24. The molecule has 0 aromatic carbocycles. The molecule has 0 bridgehead atoms. The van der Waals surface area contributed by atoms with Gasteiger partial charge in [-0.15, -0.1) is 10.2 Å². The van der Waals surface area contributed by atoms with Crippen molar-refractivity contribution in [3.05, 3.63) is 41.8 Å². The number of anilines is 4. The largest absolute Gasteiger partial charge is 0.361 e. The van der Waals surface area contributed by atoms with Crippen molar-refractivity contribution in [2.75, 3.05) is 30.2 Å². The van der Waals surface area contributed by atoms with E-state index in [0.29, 0.717) is 12.6 Å². The SMILES string of the molecule is CN(c1cnc2ccc(N(COCC[Si](C)(C)C)c3nnc(C4CCCC4)s3)nc2c1)c1cnn(C)c1. The first-order chi connectivity index (χ1) is 17.8. The molecule has 11 heteroatoms. The molecule has 0 aliphatic heterocycles. The minimum absolute atomic E-state index is 0.394. The van der Waals surface area contributed by atoms with Gasteiger partial charge in [0.2, 0.25) is 5.13 Å². The zero-order valence-electron chi connectivity index (χ0n) is 22.4. The van der Waals surface area contributed by atoms with Crippen molar-refractivity contribution in [1.29, 1.82) is 0 Å². The lowest BCUT2D eigenvalue weighted by atomic mass is 10.1. The van der Waals surface area contributed by atoms with Crippen LogP contribution in [0.4, 0.5) is 22.3 Å². The van der Waals surface area contributed by atoms with Gasteiger partial charge >= 0.3 is 0 Å². The number of pyridine rings is 2. The number of fused-ring (bicyclic) bond motifs is 1. The molecule has 37 heavy (non-hydrogen) atoms. The molecule has 0 unspecified atom stereocenters. The topological polar surface area (TPSA) is 85.1 Å². The van der Waals surface area contributed by atoms with E-state index in [0.717, 1.165) is 51.0 Å². The Hall–Kier alpha value is -2.89. The van der Waals surface area contributed by atoms with Gasteiger partial charge in [-0.1, -0.05) is 43.8 Å². The molecular weight excluding hydrogens is 500 g/mol. The normalized spacial score (nSPS) is 14.5. The summed E-state index contributed by atoms with van der Waals surface area (Å²) in [6, 6.07) is 7.19. The number of ether oxygens (including phenoxy) is 1. The monoisotopic (exact) mass is 536 g/mol. The van der Waals surface area contributed by atoms with Crippen LogP contribution in [0.2, 0.25) is 25.7 Å². The standard InChI is InChI=1S/C26H36N8OSSi/c1-32-17-21(16-28-32)33(2)20-14-23-22(27-15-20)10-11-24(29-23)34(18-35-12-13-37(3,4)5)26-31-30-25(36-26)19-8-6-7-9-19/h10-11,14-17,19H,6-9,12-13,18H2,1-5H3. The summed E-state index contributed by atoms with van der Waals surface area (Å²) in [6.07, 6.45) is 10.6. The summed E-state index contributed by atoms with van der Waals surface area (Å²) in [7, 11) is 2.74. The summed E-state index contributed by atoms with van der Waals surface area (Å²) < 4.78 is 7.97. The fourth-order valence-corrected chi connectivity index (χ4v) is 6.24. The molecule has 4 heterocycles. The quantitative estimate of drug-likeness (QED) is 0.137. The first kappa shape index (κ1) is 25.7. The van der Waals surface area contributed by atoms with Gasteiger partial charge < -0.3 is 9.64 Å². The molecule has 1 saturated carbocycles. The number of aromatic nitrogens is 6. The number of nitrogens with zero attached hydrogens (tertiary/aromatic N) is 8. The number of rotatable bonds is 10. The predicted molar refractivity (Wildman–Crippen MR) is 153 cm³/mol. The first-order valence-electron chi connectivity index (χ1n) is 12.9. The number of hydrogen-bond acceptors (Lipinski definition) is 9. The van der Waals surface area contributed by atoms with Crippen molar-refractivity contribution in [2.24, 2.45) is 7.05 Å². The van der Waals surface area contributed by atoms with E-state index in [1.165, 1.54) is 25.7 Å². The van der Waals surface area contributed by atoms with E-state index in [1.54, 1.807) is 16.0 Å². The average molecular weight is 537 g/mol. The van der Waals surface area contributed by atoms with Crippen LogP contribution < -0.4 is 9.80 Å². The van der Waals surface area contributed by atoms with Crippen molar-refractivity contribution in [2.45, 2.75) is 57.3 Å². The molecule has 9 nitrogen and oxygen atoms in total. The summed E-state index contributed by atoms with van der Waals surface area (Å²) in [5, 5.41) is 15.4. The van der Waals surface area contributed by atoms with Gasteiger partial charge in [-0.25, -0.2) is 4.98 Å². The van der Waals surface area contributed by atoms with Crippen LogP contribution in [0.15, 0.2) is 36.8 Å². The molecule has 0 amide bonds. The summed E-state index contributed by atoms with van der Waals surface area (Å²) in [5.41, 5.74) is 3.60. The van der Waals surface area contributed by atoms with Gasteiger partial charge in [0, 0.05) is 40.9 Å². The van der Waals surface area contributed by atoms with E-state index >= 15 is 0 Å². The molecule has 1 aliphatic carbocycles. The van der Waals surface area contributed by atoms with Crippen LogP contribution in [-0.2, 0) is 11.8 Å². The highest BCUT2D eigenvalue weighted by molar-refractivity contribution is 7.15. The Labute approximate surface area is 223 Å². The van der Waals surface area contributed by atoms with Crippen LogP contribution >= 0.6 is 11.3 Å². The molecule has 4 aromatic heterocycles. The van der Waals surface area contributed by atoms with Gasteiger partial charge in [-0.2, -0.15) is 5.10 Å². The van der Waals surface area contributed by atoms with Crippen molar-refractivity contribution in [3.8, 4) is 0 Å². The summed E-state index contributed by atoms with van der Waals surface area (Å²) in [4.78, 5) is 13.8. The number of hydrogen-bond donors (Lipinski definition) is 0.